The van der Waals surface area contributed by atoms with Gasteiger partial charge in [-0.2, -0.15) is 0 Å². The Balaban J connectivity index is 1.51. The fourth-order valence-corrected chi connectivity index (χ4v) is 2.88. The van der Waals surface area contributed by atoms with E-state index in [1.54, 1.807) is 4.68 Å². The van der Waals surface area contributed by atoms with Crippen molar-refractivity contribution in [1.82, 2.24) is 15.0 Å². The number of nitrogens with zero attached hydrogens (tertiary/aromatic N) is 3. The van der Waals surface area contributed by atoms with E-state index in [0.29, 0.717) is 24.5 Å². The molecule has 0 saturated heterocycles. The highest BCUT2D eigenvalue weighted by atomic mass is 16.5. The molecular formula is C19H18N4O2. The summed E-state index contributed by atoms with van der Waals surface area (Å²) >= 11 is 0. The molecule has 4 rings (SSSR count). The van der Waals surface area contributed by atoms with E-state index in [9.17, 15) is 4.79 Å². The van der Waals surface area contributed by atoms with Crippen molar-refractivity contribution in [3.05, 3.63) is 77.1 Å². The summed E-state index contributed by atoms with van der Waals surface area (Å²) in [5.41, 5.74) is 3.98. The second-order valence-electron chi connectivity index (χ2n) is 6.10. The van der Waals surface area contributed by atoms with Crippen LogP contribution in [0.25, 0.3) is 0 Å². The number of aryl methyl sites for hydroxylation is 1. The normalized spacial score (nSPS) is 16.3. The Hall–Kier alpha value is -2.99. The minimum atomic E-state index is -0.271. The summed E-state index contributed by atoms with van der Waals surface area (Å²) in [6, 6.07) is 17.6. The van der Waals surface area contributed by atoms with Crippen LogP contribution >= 0.6 is 0 Å². The second-order valence-corrected chi connectivity index (χ2v) is 6.10. The molecule has 0 unspecified atom stereocenters. The van der Waals surface area contributed by atoms with Crippen molar-refractivity contribution in [3.8, 4) is 0 Å². The van der Waals surface area contributed by atoms with E-state index in [-0.39, 0.29) is 12.0 Å². The average molecular weight is 334 g/mol. The molecule has 1 N–H and O–H groups in total. The lowest BCUT2D eigenvalue weighted by molar-refractivity contribution is -0.00171. The standard InChI is InChI=1S/C19H18N4O2/c1-13-7-9-15(10-8-13)20-19(24)18-16-12-25-17(11-23(16)22-21-18)14-5-3-2-4-6-14/h2-10,17H,11-12H2,1H3,(H,20,24)/t17-/m1/s1. The zero-order valence-electron chi connectivity index (χ0n) is 13.8. The van der Waals surface area contributed by atoms with Crippen LogP contribution in [0.2, 0.25) is 0 Å². The molecule has 1 aromatic heterocycles. The van der Waals surface area contributed by atoms with Crippen LogP contribution in [0.1, 0.15) is 33.4 Å². The van der Waals surface area contributed by atoms with E-state index in [0.717, 1.165) is 16.8 Å². The summed E-state index contributed by atoms with van der Waals surface area (Å²) in [6.45, 7) is 2.86. The molecule has 0 saturated carbocycles. The molecule has 0 radical (unpaired) electrons. The first-order valence-electron chi connectivity index (χ1n) is 8.17. The average Bonchev–Trinajstić information content (AvgIpc) is 3.07. The number of hydrogen-bond donors (Lipinski definition) is 1. The monoisotopic (exact) mass is 334 g/mol. The molecule has 1 aliphatic rings. The molecule has 0 aliphatic carbocycles. The van der Waals surface area contributed by atoms with Crippen LogP contribution in [-0.2, 0) is 17.9 Å². The van der Waals surface area contributed by atoms with Gasteiger partial charge in [0, 0.05) is 5.69 Å². The molecule has 126 valence electrons. The molecule has 1 amide bonds. The second kappa shape index (κ2) is 6.49. The molecule has 0 spiro atoms. The number of amides is 1. The minimum absolute atomic E-state index is 0.0802. The van der Waals surface area contributed by atoms with Gasteiger partial charge in [-0.1, -0.05) is 53.2 Å². The number of carbonyl (C=O) groups is 1. The van der Waals surface area contributed by atoms with Crippen molar-refractivity contribution in [1.29, 1.82) is 0 Å². The van der Waals surface area contributed by atoms with Crippen LogP contribution in [0.15, 0.2) is 54.6 Å². The van der Waals surface area contributed by atoms with Crippen molar-refractivity contribution in [2.45, 2.75) is 26.2 Å². The summed E-state index contributed by atoms with van der Waals surface area (Å²) in [4.78, 5) is 12.5. The van der Waals surface area contributed by atoms with Gasteiger partial charge in [-0.15, -0.1) is 5.10 Å². The first kappa shape index (κ1) is 15.5. The van der Waals surface area contributed by atoms with Gasteiger partial charge in [0.1, 0.15) is 6.10 Å². The highest BCUT2D eigenvalue weighted by Crippen LogP contribution is 2.27. The molecule has 6 nitrogen and oxygen atoms in total. The van der Waals surface area contributed by atoms with Gasteiger partial charge in [0.2, 0.25) is 0 Å². The largest absolute Gasteiger partial charge is 0.365 e. The van der Waals surface area contributed by atoms with Gasteiger partial charge in [-0.3, -0.25) is 4.79 Å². The number of benzene rings is 2. The van der Waals surface area contributed by atoms with Crippen LogP contribution in [0.3, 0.4) is 0 Å². The van der Waals surface area contributed by atoms with Crippen molar-refractivity contribution in [2.24, 2.45) is 0 Å². The van der Waals surface area contributed by atoms with Crippen molar-refractivity contribution >= 4 is 11.6 Å². The number of aromatic nitrogens is 3. The van der Waals surface area contributed by atoms with Crippen molar-refractivity contribution in [2.75, 3.05) is 5.32 Å². The van der Waals surface area contributed by atoms with Gasteiger partial charge < -0.3 is 10.1 Å². The molecule has 25 heavy (non-hydrogen) atoms. The Kier molecular flexibility index (Phi) is 4.03. The van der Waals surface area contributed by atoms with E-state index in [1.165, 1.54) is 0 Å². The molecule has 2 aromatic carbocycles. The van der Waals surface area contributed by atoms with Gasteiger partial charge in [0.15, 0.2) is 5.69 Å². The SMILES string of the molecule is Cc1ccc(NC(=O)c2nnn3c2CO[C@@H](c2ccccc2)C3)cc1. The summed E-state index contributed by atoms with van der Waals surface area (Å²) in [5.74, 6) is -0.271. The Morgan fingerprint density at radius 2 is 1.92 bits per heavy atom. The summed E-state index contributed by atoms with van der Waals surface area (Å²) in [5, 5.41) is 11.0. The zero-order chi connectivity index (χ0) is 17.2. The number of nitrogens with one attached hydrogen (secondary N) is 1. The van der Waals surface area contributed by atoms with Gasteiger partial charge in [0.05, 0.1) is 18.8 Å². The third-order valence-electron chi connectivity index (χ3n) is 4.29. The molecule has 6 heteroatoms. The predicted octanol–water partition coefficient (Wildman–Crippen LogP) is 3.11. The Morgan fingerprint density at radius 3 is 2.68 bits per heavy atom. The third kappa shape index (κ3) is 3.16. The van der Waals surface area contributed by atoms with E-state index in [1.807, 2.05) is 61.5 Å². The van der Waals surface area contributed by atoms with E-state index >= 15 is 0 Å². The third-order valence-corrected chi connectivity index (χ3v) is 4.29. The predicted molar refractivity (Wildman–Crippen MR) is 93.1 cm³/mol. The Labute approximate surface area is 145 Å². The highest BCUT2D eigenvalue weighted by molar-refractivity contribution is 6.03. The Morgan fingerprint density at radius 1 is 1.16 bits per heavy atom. The van der Waals surface area contributed by atoms with Crippen LogP contribution < -0.4 is 5.32 Å². The Bertz CT molecular complexity index is 888. The molecule has 0 bridgehead atoms. The number of anilines is 1. The fourth-order valence-electron chi connectivity index (χ4n) is 2.88. The maximum atomic E-state index is 12.5. The van der Waals surface area contributed by atoms with Crippen LogP contribution in [-0.4, -0.2) is 20.9 Å². The molecule has 0 fully saturated rings. The first-order valence-corrected chi connectivity index (χ1v) is 8.17. The molecule has 3 aromatic rings. The molecule has 2 heterocycles. The van der Waals surface area contributed by atoms with Crippen molar-refractivity contribution < 1.29 is 9.53 Å². The number of ether oxygens (including phenoxy) is 1. The smallest absolute Gasteiger partial charge is 0.278 e. The number of carbonyl (C=O) groups excluding carboxylic acids is 1. The quantitative estimate of drug-likeness (QED) is 0.799. The molecule has 1 aliphatic heterocycles. The summed E-state index contributed by atoms with van der Waals surface area (Å²) < 4.78 is 7.68. The van der Waals surface area contributed by atoms with Crippen LogP contribution in [0.4, 0.5) is 5.69 Å². The highest BCUT2D eigenvalue weighted by Gasteiger charge is 2.27. The number of rotatable bonds is 3. The lowest BCUT2D eigenvalue weighted by atomic mass is 10.1. The number of hydrogen-bond acceptors (Lipinski definition) is 4. The number of fused-ring (bicyclic) bond motifs is 1. The summed E-state index contributed by atoms with van der Waals surface area (Å²) in [6.07, 6.45) is -0.0802. The first-order chi connectivity index (χ1) is 12.2. The topological polar surface area (TPSA) is 69.0 Å². The van der Waals surface area contributed by atoms with Gasteiger partial charge in [-0.25, -0.2) is 4.68 Å². The maximum absolute atomic E-state index is 12.5. The minimum Gasteiger partial charge on any atom is -0.365 e. The van der Waals surface area contributed by atoms with E-state index < -0.39 is 0 Å². The van der Waals surface area contributed by atoms with Crippen LogP contribution in [0, 0.1) is 6.92 Å². The van der Waals surface area contributed by atoms with E-state index in [2.05, 4.69) is 15.6 Å². The lowest BCUT2D eigenvalue weighted by Gasteiger charge is -2.24. The lowest BCUT2D eigenvalue weighted by Crippen LogP contribution is -2.24. The zero-order valence-corrected chi connectivity index (χ0v) is 13.8. The van der Waals surface area contributed by atoms with Gasteiger partial charge >= 0.3 is 0 Å². The van der Waals surface area contributed by atoms with Crippen LogP contribution in [0.5, 0.6) is 0 Å². The molecular weight excluding hydrogens is 316 g/mol. The maximum Gasteiger partial charge on any atom is 0.278 e. The van der Waals surface area contributed by atoms with E-state index in [4.69, 9.17) is 4.74 Å². The van der Waals surface area contributed by atoms with Crippen molar-refractivity contribution in [3.63, 3.8) is 0 Å². The van der Waals surface area contributed by atoms with Gasteiger partial charge in [-0.05, 0) is 24.6 Å². The fraction of sp³-hybridized carbons (Fsp3) is 0.211. The molecule has 1 atom stereocenters. The summed E-state index contributed by atoms with van der Waals surface area (Å²) in [7, 11) is 0. The van der Waals surface area contributed by atoms with Gasteiger partial charge in [0.25, 0.3) is 5.91 Å².